The zero-order valence-electron chi connectivity index (χ0n) is 19.1. The lowest BCUT2D eigenvalue weighted by atomic mass is 10.4. The number of guanidine groups is 4. The van der Waals surface area contributed by atoms with Crippen molar-refractivity contribution in [3.05, 3.63) is 0 Å². The number of rotatable bonds is 0. The van der Waals surface area contributed by atoms with Crippen molar-refractivity contribution in [2.45, 2.75) is 51.4 Å². The van der Waals surface area contributed by atoms with Crippen molar-refractivity contribution < 1.29 is 0 Å². The molecule has 31 heavy (non-hydrogen) atoms. The summed E-state index contributed by atoms with van der Waals surface area (Å²) in [7, 11) is 1.83. The SMILES string of the molecule is CN(C(=N)N1CCCC1)C(=N)N1CCCC1.N=C(N=C(N)N1CCCC1)N1CCCC1. The molecule has 0 atom stereocenters. The summed E-state index contributed by atoms with van der Waals surface area (Å²) in [6.07, 6.45) is 9.41. The maximum atomic E-state index is 8.07. The van der Waals surface area contributed by atoms with E-state index in [4.69, 9.17) is 22.0 Å². The molecule has 0 aromatic rings. The Morgan fingerprint density at radius 3 is 1.32 bits per heavy atom. The molecule has 4 rings (SSSR count). The average molecular weight is 433 g/mol. The third-order valence-corrected chi connectivity index (χ3v) is 6.50. The largest absolute Gasteiger partial charge is 0.369 e. The van der Waals surface area contributed by atoms with Gasteiger partial charge in [0.2, 0.25) is 5.96 Å². The van der Waals surface area contributed by atoms with Crippen molar-refractivity contribution >= 4 is 23.8 Å². The Morgan fingerprint density at radius 1 is 0.613 bits per heavy atom. The Kier molecular flexibility index (Phi) is 8.36. The number of hydrogen-bond acceptors (Lipinski definition) is 3. The van der Waals surface area contributed by atoms with Gasteiger partial charge in [-0.3, -0.25) is 21.1 Å². The third-order valence-electron chi connectivity index (χ3n) is 6.50. The molecular weight excluding hydrogens is 392 g/mol. The fourth-order valence-corrected chi connectivity index (χ4v) is 4.51. The first-order valence-electron chi connectivity index (χ1n) is 11.8. The van der Waals surface area contributed by atoms with Crippen LogP contribution in [0.15, 0.2) is 4.99 Å². The first-order valence-corrected chi connectivity index (χ1v) is 11.8. The first-order chi connectivity index (χ1) is 15.0. The first kappa shape index (κ1) is 23.1. The molecule has 0 aromatic carbocycles. The van der Waals surface area contributed by atoms with E-state index < -0.39 is 0 Å². The molecule has 174 valence electrons. The van der Waals surface area contributed by atoms with E-state index in [0.29, 0.717) is 23.8 Å². The van der Waals surface area contributed by atoms with Gasteiger partial charge in [0.25, 0.3) is 0 Å². The molecular formula is C21H40N10. The Labute approximate surface area is 186 Å². The normalized spacial score (nSPS) is 21.4. The van der Waals surface area contributed by atoms with Gasteiger partial charge in [0.05, 0.1) is 0 Å². The summed E-state index contributed by atoms with van der Waals surface area (Å²) in [6.45, 7) is 7.76. The van der Waals surface area contributed by atoms with Gasteiger partial charge in [-0.05, 0) is 51.4 Å². The summed E-state index contributed by atoms with van der Waals surface area (Å²) < 4.78 is 0. The number of hydrogen-bond donors (Lipinski definition) is 4. The van der Waals surface area contributed by atoms with Gasteiger partial charge in [0.1, 0.15) is 0 Å². The molecule has 4 aliphatic heterocycles. The van der Waals surface area contributed by atoms with Crippen LogP contribution in [0.5, 0.6) is 0 Å². The third kappa shape index (κ3) is 6.24. The van der Waals surface area contributed by atoms with Crippen molar-refractivity contribution in [3.8, 4) is 0 Å². The lowest BCUT2D eigenvalue weighted by molar-refractivity contribution is 0.407. The van der Waals surface area contributed by atoms with Crippen molar-refractivity contribution in [2.24, 2.45) is 10.7 Å². The molecule has 4 aliphatic rings. The Morgan fingerprint density at radius 2 is 0.935 bits per heavy atom. The molecule has 0 radical (unpaired) electrons. The highest BCUT2D eigenvalue weighted by molar-refractivity contribution is 5.95. The lowest BCUT2D eigenvalue weighted by Crippen LogP contribution is -2.48. The number of nitrogens with one attached hydrogen (secondary N) is 3. The molecule has 0 aliphatic carbocycles. The van der Waals surface area contributed by atoms with E-state index in [1.807, 2.05) is 11.9 Å². The van der Waals surface area contributed by atoms with E-state index in [1.54, 1.807) is 4.90 Å². The van der Waals surface area contributed by atoms with Gasteiger partial charge in [0.15, 0.2) is 17.9 Å². The van der Waals surface area contributed by atoms with Crippen molar-refractivity contribution in [1.29, 1.82) is 16.2 Å². The Hall–Kier alpha value is -2.52. The minimum Gasteiger partial charge on any atom is -0.369 e. The van der Waals surface area contributed by atoms with E-state index in [9.17, 15) is 0 Å². The predicted molar refractivity (Wildman–Crippen MR) is 126 cm³/mol. The highest BCUT2D eigenvalue weighted by atomic mass is 15.4. The van der Waals surface area contributed by atoms with Crippen LogP contribution in [0.2, 0.25) is 0 Å². The van der Waals surface area contributed by atoms with Crippen LogP contribution in [0.25, 0.3) is 0 Å². The van der Waals surface area contributed by atoms with Gasteiger partial charge < -0.3 is 25.3 Å². The summed E-state index contributed by atoms with van der Waals surface area (Å²) >= 11 is 0. The maximum Gasteiger partial charge on any atom is 0.221 e. The molecule has 5 N–H and O–H groups in total. The minimum atomic E-state index is 0.330. The van der Waals surface area contributed by atoms with Crippen LogP contribution in [0, 0.1) is 16.2 Å². The molecule has 10 heteroatoms. The number of nitrogens with zero attached hydrogens (tertiary/aromatic N) is 6. The summed E-state index contributed by atoms with van der Waals surface area (Å²) in [5.41, 5.74) is 5.86. The summed E-state index contributed by atoms with van der Waals surface area (Å²) in [6, 6.07) is 0. The topological polar surface area (TPSA) is 126 Å². The zero-order valence-corrected chi connectivity index (χ0v) is 19.1. The van der Waals surface area contributed by atoms with Crippen LogP contribution in [0.1, 0.15) is 51.4 Å². The highest BCUT2D eigenvalue weighted by Crippen LogP contribution is 2.13. The van der Waals surface area contributed by atoms with Gasteiger partial charge in [-0.15, -0.1) is 0 Å². The molecule has 0 unspecified atom stereocenters. The second-order valence-electron chi connectivity index (χ2n) is 8.78. The summed E-state index contributed by atoms with van der Waals surface area (Å²) in [4.78, 5) is 14.0. The lowest BCUT2D eigenvalue weighted by Gasteiger charge is -2.31. The van der Waals surface area contributed by atoms with Crippen LogP contribution < -0.4 is 5.73 Å². The van der Waals surface area contributed by atoms with Gasteiger partial charge in [-0.25, -0.2) is 0 Å². The Balaban J connectivity index is 0.000000176. The van der Waals surface area contributed by atoms with Gasteiger partial charge in [-0.2, -0.15) is 4.99 Å². The summed E-state index contributed by atoms with van der Waals surface area (Å²) in [5.74, 6) is 1.81. The quantitative estimate of drug-likeness (QED) is 0.339. The average Bonchev–Trinajstić information content (AvgIpc) is 3.60. The van der Waals surface area contributed by atoms with E-state index >= 15 is 0 Å². The van der Waals surface area contributed by atoms with E-state index in [2.05, 4.69) is 19.7 Å². The number of aliphatic imine (C=N–C) groups is 1. The molecule has 4 fully saturated rings. The van der Waals surface area contributed by atoms with Gasteiger partial charge in [-0.1, -0.05) is 0 Å². The fraction of sp³-hybridized carbons (Fsp3) is 0.810. The molecule has 4 saturated heterocycles. The minimum absolute atomic E-state index is 0.330. The van der Waals surface area contributed by atoms with E-state index in [1.165, 1.54) is 51.4 Å². The van der Waals surface area contributed by atoms with Crippen LogP contribution in [0.4, 0.5) is 0 Å². The second kappa shape index (κ2) is 11.2. The molecule has 10 nitrogen and oxygen atoms in total. The monoisotopic (exact) mass is 432 g/mol. The van der Waals surface area contributed by atoms with Crippen LogP contribution >= 0.6 is 0 Å². The highest BCUT2D eigenvalue weighted by Gasteiger charge is 2.24. The second-order valence-corrected chi connectivity index (χ2v) is 8.78. The van der Waals surface area contributed by atoms with Crippen molar-refractivity contribution in [2.75, 3.05) is 59.4 Å². The standard InChI is InChI=1S/C11H21N5.C10H19N5/c1-14(10(12)15-6-2-3-7-15)11(13)16-8-4-5-9-16;11-9(14-5-1-2-6-14)13-10(12)15-7-3-4-8-15/h12-13H,2-9H2,1H3;1-8H2,(H3,11,12,13). The van der Waals surface area contributed by atoms with E-state index in [-0.39, 0.29) is 0 Å². The molecule has 0 spiro atoms. The predicted octanol–water partition coefficient (Wildman–Crippen LogP) is 1.41. The van der Waals surface area contributed by atoms with Crippen molar-refractivity contribution in [1.82, 2.24) is 24.5 Å². The molecule has 0 saturated carbocycles. The van der Waals surface area contributed by atoms with Crippen molar-refractivity contribution in [3.63, 3.8) is 0 Å². The number of nitrogens with two attached hydrogens (primary N) is 1. The molecule has 4 heterocycles. The molecule has 0 aromatic heterocycles. The smallest absolute Gasteiger partial charge is 0.221 e. The Bertz CT molecular complexity index is 623. The fourth-order valence-electron chi connectivity index (χ4n) is 4.51. The molecule has 0 amide bonds. The van der Waals surface area contributed by atoms with Crippen LogP contribution in [-0.4, -0.2) is 108 Å². The molecule has 0 bridgehead atoms. The maximum absolute atomic E-state index is 8.07. The number of likely N-dealkylation sites (tertiary alicyclic amines) is 4. The van der Waals surface area contributed by atoms with E-state index in [0.717, 1.165) is 52.4 Å². The van der Waals surface area contributed by atoms with Gasteiger partial charge in [0, 0.05) is 59.4 Å². The van der Waals surface area contributed by atoms with Gasteiger partial charge >= 0.3 is 0 Å². The van der Waals surface area contributed by atoms with Crippen LogP contribution in [0.3, 0.4) is 0 Å². The zero-order chi connectivity index (χ0) is 22.2. The van der Waals surface area contributed by atoms with Crippen LogP contribution in [-0.2, 0) is 0 Å². The summed E-state index contributed by atoms with van der Waals surface area (Å²) in [5, 5.41) is 24.0.